The van der Waals surface area contributed by atoms with Gasteiger partial charge in [-0.05, 0) is 56.8 Å². The summed E-state index contributed by atoms with van der Waals surface area (Å²) in [7, 11) is 0. The molecule has 0 heterocycles. The predicted molar refractivity (Wildman–Crippen MR) is 84.5 cm³/mol. The van der Waals surface area contributed by atoms with Crippen molar-refractivity contribution < 1.29 is 14.2 Å². The first-order valence-electron chi connectivity index (χ1n) is 6.95. The van der Waals surface area contributed by atoms with E-state index in [9.17, 15) is 0 Å². The van der Waals surface area contributed by atoms with Gasteiger partial charge in [-0.15, -0.1) is 0 Å². The molecule has 1 rings (SSSR count). The molecule has 1 aromatic carbocycles. The Morgan fingerprint density at radius 2 is 1.80 bits per heavy atom. The first kappa shape index (κ1) is 16.6. The average Bonchev–Trinajstić information content (AvgIpc) is 2.45. The molecule has 0 saturated heterocycles. The van der Waals surface area contributed by atoms with Crippen molar-refractivity contribution in [2.75, 3.05) is 19.8 Å². The molecular weight excluding hydrogens is 274 g/mol. The van der Waals surface area contributed by atoms with Crippen LogP contribution in [0.3, 0.4) is 0 Å². The van der Waals surface area contributed by atoms with E-state index in [2.05, 4.69) is 19.2 Å². The molecule has 1 aromatic rings. The van der Waals surface area contributed by atoms with Crippen LogP contribution in [0.15, 0.2) is 24.3 Å². The largest absolute Gasteiger partial charge is 0.491 e. The van der Waals surface area contributed by atoms with Gasteiger partial charge in [0.25, 0.3) is 5.17 Å². The van der Waals surface area contributed by atoms with Crippen LogP contribution in [0.5, 0.6) is 11.5 Å². The fraction of sp³-hybridized carbons (Fsp3) is 0.533. The van der Waals surface area contributed by atoms with E-state index in [0.717, 1.165) is 24.5 Å². The topological polar surface area (TPSA) is 39.7 Å². The highest BCUT2D eigenvalue weighted by atomic mass is 32.1. The van der Waals surface area contributed by atoms with Gasteiger partial charge in [-0.3, -0.25) is 0 Å². The van der Waals surface area contributed by atoms with Crippen molar-refractivity contribution in [2.45, 2.75) is 33.3 Å². The summed E-state index contributed by atoms with van der Waals surface area (Å²) in [5.41, 5.74) is 0. The van der Waals surface area contributed by atoms with Gasteiger partial charge in [-0.25, -0.2) is 0 Å². The summed E-state index contributed by atoms with van der Waals surface area (Å²) in [5, 5.41) is 3.32. The van der Waals surface area contributed by atoms with Crippen molar-refractivity contribution in [3.05, 3.63) is 24.3 Å². The molecule has 0 fully saturated rings. The van der Waals surface area contributed by atoms with Crippen LogP contribution in [-0.4, -0.2) is 31.0 Å². The minimum Gasteiger partial charge on any atom is -0.491 e. The number of nitrogens with one attached hydrogen (secondary N) is 1. The molecule has 112 valence electrons. The lowest BCUT2D eigenvalue weighted by Crippen LogP contribution is -2.25. The van der Waals surface area contributed by atoms with Gasteiger partial charge >= 0.3 is 0 Å². The quantitative estimate of drug-likeness (QED) is 0.589. The van der Waals surface area contributed by atoms with Crippen molar-refractivity contribution in [3.8, 4) is 11.5 Å². The Morgan fingerprint density at radius 3 is 2.40 bits per heavy atom. The van der Waals surface area contributed by atoms with Crippen LogP contribution in [-0.2, 0) is 4.74 Å². The minimum atomic E-state index is 0.224. The third kappa shape index (κ3) is 6.61. The monoisotopic (exact) mass is 297 g/mol. The van der Waals surface area contributed by atoms with E-state index in [1.165, 1.54) is 0 Å². The first-order valence-corrected chi connectivity index (χ1v) is 7.36. The molecule has 0 bridgehead atoms. The van der Waals surface area contributed by atoms with Crippen LogP contribution in [0.1, 0.15) is 27.2 Å². The highest BCUT2D eigenvalue weighted by Crippen LogP contribution is 2.19. The Hall–Kier alpha value is -1.49. The van der Waals surface area contributed by atoms with Crippen LogP contribution in [0.4, 0.5) is 0 Å². The smallest absolute Gasteiger partial charge is 0.256 e. The van der Waals surface area contributed by atoms with Crippen LogP contribution in [0.2, 0.25) is 0 Å². The second-order valence-electron chi connectivity index (χ2n) is 4.32. The summed E-state index contributed by atoms with van der Waals surface area (Å²) in [5.74, 6) is 1.65. The molecule has 0 aliphatic carbocycles. The zero-order valence-electron chi connectivity index (χ0n) is 12.3. The Labute approximate surface area is 126 Å². The van der Waals surface area contributed by atoms with Crippen molar-refractivity contribution in [1.82, 2.24) is 5.32 Å². The molecule has 1 atom stereocenters. The molecule has 0 saturated carbocycles. The predicted octanol–water partition coefficient (Wildman–Crippen LogP) is 3.15. The van der Waals surface area contributed by atoms with Crippen molar-refractivity contribution in [1.29, 1.82) is 0 Å². The van der Waals surface area contributed by atoms with Crippen LogP contribution >= 0.6 is 12.2 Å². The Bertz CT molecular complexity index is 395. The maximum Gasteiger partial charge on any atom is 0.256 e. The summed E-state index contributed by atoms with van der Waals surface area (Å²) in [6.45, 7) is 7.76. The Kier molecular flexibility index (Phi) is 7.80. The van der Waals surface area contributed by atoms with E-state index in [1.54, 1.807) is 0 Å². The Balaban J connectivity index is 2.26. The minimum absolute atomic E-state index is 0.224. The van der Waals surface area contributed by atoms with E-state index in [4.69, 9.17) is 26.4 Å². The molecule has 0 aliphatic rings. The summed E-state index contributed by atoms with van der Waals surface area (Å²) >= 11 is 4.95. The van der Waals surface area contributed by atoms with Crippen molar-refractivity contribution in [2.24, 2.45) is 0 Å². The molecule has 20 heavy (non-hydrogen) atoms. The molecular formula is C15H23NO3S. The molecule has 5 heteroatoms. The normalized spacial score (nSPS) is 11.6. The summed E-state index contributed by atoms with van der Waals surface area (Å²) in [4.78, 5) is 0. The zero-order chi connectivity index (χ0) is 14.8. The molecule has 0 aliphatic heterocycles. The lowest BCUT2D eigenvalue weighted by atomic mass is 10.3. The van der Waals surface area contributed by atoms with Gasteiger partial charge < -0.3 is 19.5 Å². The van der Waals surface area contributed by atoms with Gasteiger partial charge in [0.2, 0.25) is 0 Å². The number of ether oxygens (including phenoxy) is 3. The van der Waals surface area contributed by atoms with Crippen LogP contribution < -0.4 is 14.8 Å². The highest BCUT2D eigenvalue weighted by molar-refractivity contribution is 7.80. The average molecular weight is 297 g/mol. The van der Waals surface area contributed by atoms with Gasteiger partial charge in [0.1, 0.15) is 24.7 Å². The van der Waals surface area contributed by atoms with Gasteiger partial charge in [-0.2, -0.15) is 0 Å². The van der Waals surface area contributed by atoms with Crippen molar-refractivity contribution in [3.63, 3.8) is 0 Å². The number of thiocarbonyl (C=S) groups is 1. The third-order valence-corrected chi connectivity index (χ3v) is 2.90. The van der Waals surface area contributed by atoms with Crippen molar-refractivity contribution >= 4 is 17.4 Å². The summed E-state index contributed by atoms with van der Waals surface area (Å²) in [6.07, 6.45) is 1.21. The number of rotatable bonds is 8. The molecule has 4 nitrogen and oxygen atoms in total. The number of benzene rings is 1. The number of hydrogen-bond acceptors (Lipinski definition) is 4. The van der Waals surface area contributed by atoms with Gasteiger partial charge in [0.15, 0.2) is 0 Å². The Morgan fingerprint density at radius 1 is 1.15 bits per heavy atom. The van der Waals surface area contributed by atoms with Gasteiger partial charge in [-0.1, -0.05) is 6.92 Å². The molecule has 1 N–H and O–H groups in total. The van der Waals surface area contributed by atoms with E-state index in [-0.39, 0.29) is 6.10 Å². The maximum absolute atomic E-state index is 5.70. The maximum atomic E-state index is 5.70. The molecule has 0 amide bonds. The zero-order valence-corrected chi connectivity index (χ0v) is 13.2. The van der Waals surface area contributed by atoms with E-state index >= 15 is 0 Å². The number of hydrogen-bond donors (Lipinski definition) is 1. The van der Waals surface area contributed by atoms with Gasteiger partial charge in [0, 0.05) is 6.54 Å². The molecule has 0 aromatic heterocycles. The SMILES string of the molecule is CCNC(=S)OCCOc1ccc(OC(C)CC)cc1. The highest BCUT2D eigenvalue weighted by Gasteiger charge is 2.01. The van der Waals surface area contributed by atoms with Crippen LogP contribution in [0, 0.1) is 0 Å². The van der Waals surface area contributed by atoms with E-state index in [1.807, 2.05) is 31.2 Å². The van der Waals surface area contributed by atoms with Crippen LogP contribution in [0.25, 0.3) is 0 Å². The summed E-state index contributed by atoms with van der Waals surface area (Å²) in [6, 6.07) is 7.60. The standard InChI is InChI=1S/C15H23NO3S/c1-4-12(3)19-14-8-6-13(7-9-14)17-10-11-18-15(20)16-5-2/h6-9,12H,4-5,10-11H2,1-3H3,(H,16,20). The second-order valence-corrected chi connectivity index (χ2v) is 4.69. The molecule has 0 radical (unpaired) electrons. The first-order chi connectivity index (χ1) is 9.65. The summed E-state index contributed by atoms with van der Waals surface area (Å²) < 4.78 is 16.5. The molecule has 0 spiro atoms. The lowest BCUT2D eigenvalue weighted by Gasteiger charge is -2.13. The molecule has 1 unspecified atom stereocenters. The fourth-order valence-corrected chi connectivity index (χ4v) is 1.65. The van der Waals surface area contributed by atoms with E-state index < -0.39 is 0 Å². The van der Waals surface area contributed by atoms with E-state index in [0.29, 0.717) is 18.4 Å². The lowest BCUT2D eigenvalue weighted by molar-refractivity contribution is 0.205. The fourth-order valence-electron chi connectivity index (χ4n) is 1.42. The third-order valence-electron chi connectivity index (χ3n) is 2.64. The van der Waals surface area contributed by atoms with Gasteiger partial charge in [0.05, 0.1) is 6.10 Å². The second kappa shape index (κ2) is 9.42.